The van der Waals surface area contributed by atoms with Gasteiger partial charge in [-0.3, -0.25) is 4.79 Å². The molecule has 1 fully saturated rings. The normalized spacial score (nSPS) is 20.4. The number of ether oxygens (including phenoxy) is 1. The number of morpholine rings is 1. The van der Waals surface area contributed by atoms with Gasteiger partial charge in [0.25, 0.3) is 0 Å². The van der Waals surface area contributed by atoms with Crippen molar-refractivity contribution in [2.45, 2.75) is 23.9 Å². The molecule has 2 N–H and O–H groups in total. The lowest BCUT2D eigenvalue weighted by Crippen LogP contribution is -2.51. The zero-order chi connectivity index (χ0) is 16.3. The minimum Gasteiger partial charge on any atom is -0.378 e. The summed E-state index contributed by atoms with van der Waals surface area (Å²) in [5.41, 5.74) is 0.495. The molecule has 8 heteroatoms. The predicted molar refractivity (Wildman–Crippen MR) is 78.7 cm³/mol. The summed E-state index contributed by atoms with van der Waals surface area (Å²) in [5.74, 6) is -1.06. The maximum atomic E-state index is 13.9. The number of hydrogen-bond donors (Lipinski definition) is 2. The number of nitrogens with one attached hydrogen (secondary N) is 2. The molecule has 0 radical (unpaired) electrons. The Hall–Kier alpha value is -1.51. The number of amides is 1. The second-order valence-corrected chi connectivity index (χ2v) is 7.26. The Labute approximate surface area is 129 Å². The van der Waals surface area contributed by atoms with Gasteiger partial charge in [0.2, 0.25) is 5.91 Å². The highest BCUT2D eigenvalue weighted by Crippen LogP contribution is 2.20. The monoisotopic (exact) mass is 330 g/mol. The summed E-state index contributed by atoms with van der Waals surface area (Å²) in [7, 11) is -3.61. The Kier molecular flexibility index (Phi) is 5.15. The van der Waals surface area contributed by atoms with Crippen molar-refractivity contribution in [3.63, 3.8) is 0 Å². The van der Waals surface area contributed by atoms with Crippen LogP contribution < -0.4 is 10.6 Å². The van der Waals surface area contributed by atoms with E-state index in [1.165, 1.54) is 12.1 Å². The van der Waals surface area contributed by atoms with Gasteiger partial charge in [-0.05, 0) is 24.6 Å². The van der Waals surface area contributed by atoms with Crippen LogP contribution in [-0.4, -0.2) is 46.4 Å². The zero-order valence-corrected chi connectivity index (χ0v) is 13.2. The van der Waals surface area contributed by atoms with Crippen LogP contribution in [0, 0.1) is 5.82 Å². The molecule has 6 nitrogen and oxygen atoms in total. The SMILES string of the molecule is CC(NC(=O)C1COCCN1)c1ccc(S(C)(=O)=O)c(F)c1. The van der Waals surface area contributed by atoms with Crippen LogP contribution in [0.4, 0.5) is 4.39 Å². The lowest BCUT2D eigenvalue weighted by molar-refractivity contribution is -0.126. The highest BCUT2D eigenvalue weighted by molar-refractivity contribution is 7.90. The van der Waals surface area contributed by atoms with E-state index in [0.29, 0.717) is 25.3 Å². The van der Waals surface area contributed by atoms with Crippen molar-refractivity contribution in [3.05, 3.63) is 29.6 Å². The lowest BCUT2D eigenvalue weighted by Gasteiger charge is -2.25. The van der Waals surface area contributed by atoms with E-state index in [-0.39, 0.29) is 10.8 Å². The maximum Gasteiger partial charge on any atom is 0.240 e. The Bertz CT molecular complexity index is 657. The Morgan fingerprint density at radius 3 is 2.77 bits per heavy atom. The van der Waals surface area contributed by atoms with E-state index in [1.807, 2.05) is 0 Å². The van der Waals surface area contributed by atoms with E-state index in [2.05, 4.69) is 10.6 Å². The molecule has 2 atom stereocenters. The van der Waals surface area contributed by atoms with Crippen LogP contribution in [-0.2, 0) is 19.4 Å². The third kappa shape index (κ3) is 4.02. The van der Waals surface area contributed by atoms with E-state index in [9.17, 15) is 17.6 Å². The van der Waals surface area contributed by atoms with E-state index < -0.39 is 27.7 Å². The van der Waals surface area contributed by atoms with Crippen LogP contribution in [0.5, 0.6) is 0 Å². The lowest BCUT2D eigenvalue weighted by atomic mass is 10.1. The molecule has 0 bridgehead atoms. The van der Waals surface area contributed by atoms with E-state index >= 15 is 0 Å². The Morgan fingerprint density at radius 1 is 1.50 bits per heavy atom. The molecule has 0 saturated carbocycles. The number of benzene rings is 1. The highest BCUT2D eigenvalue weighted by Gasteiger charge is 2.23. The second-order valence-electron chi connectivity index (χ2n) is 5.27. The first-order valence-corrected chi connectivity index (χ1v) is 8.79. The smallest absolute Gasteiger partial charge is 0.240 e. The number of rotatable bonds is 4. The van der Waals surface area contributed by atoms with E-state index in [4.69, 9.17) is 4.74 Å². The summed E-state index contributed by atoms with van der Waals surface area (Å²) < 4.78 is 41.9. The van der Waals surface area contributed by atoms with Crippen molar-refractivity contribution in [1.29, 1.82) is 0 Å². The van der Waals surface area contributed by atoms with Gasteiger partial charge in [-0.25, -0.2) is 12.8 Å². The molecule has 1 aliphatic rings. The largest absolute Gasteiger partial charge is 0.378 e. The van der Waals surface area contributed by atoms with Gasteiger partial charge in [-0.2, -0.15) is 0 Å². The molecule has 0 spiro atoms. The molecule has 1 aromatic carbocycles. The van der Waals surface area contributed by atoms with E-state index in [1.54, 1.807) is 6.92 Å². The fraction of sp³-hybridized carbons (Fsp3) is 0.500. The van der Waals surface area contributed by atoms with Crippen molar-refractivity contribution >= 4 is 15.7 Å². The molecule has 2 unspecified atom stereocenters. The molecule has 22 heavy (non-hydrogen) atoms. The first-order chi connectivity index (χ1) is 10.3. The van der Waals surface area contributed by atoms with Crippen LogP contribution >= 0.6 is 0 Å². The van der Waals surface area contributed by atoms with Gasteiger partial charge in [0.05, 0.1) is 19.3 Å². The van der Waals surface area contributed by atoms with Gasteiger partial charge >= 0.3 is 0 Å². The quantitative estimate of drug-likeness (QED) is 0.834. The van der Waals surface area contributed by atoms with Gasteiger partial charge in [0, 0.05) is 12.8 Å². The summed E-state index contributed by atoms with van der Waals surface area (Å²) in [4.78, 5) is 11.7. The molecule has 122 valence electrons. The second kappa shape index (κ2) is 6.72. The van der Waals surface area contributed by atoms with Gasteiger partial charge in [-0.15, -0.1) is 0 Å². The highest BCUT2D eigenvalue weighted by atomic mass is 32.2. The van der Waals surface area contributed by atoms with Gasteiger partial charge in [-0.1, -0.05) is 6.07 Å². The summed E-state index contributed by atoms with van der Waals surface area (Å²) in [6, 6.07) is 2.96. The molecule has 1 aliphatic heterocycles. The minimum atomic E-state index is -3.61. The standard InChI is InChI=1S/C14H19FN2O4S/c1-9(17-14(18)12-8-21-6-5-16-12)10-3-4-13(11(15)7-10)22(2,19)20/h3-4,7,9,12,16H,5-6,8H2,1-2H3,(H,17,18). The fourth-order valence-corrected chi connectivity index (χ4v) is 2.95. The number of halogens is 1. The first kappa shape index (κ1) is 16.9. The molecule has 0 aromatic heterocycles. The molecule has 1 aromatic rings. The number of sulfone groups is 1. The molecular formula is C14H19FN2O4S. The summed E-state index contributed by atoms with van der Waals surface area (Å²) in [6.45, 7) is 3.16. The van der Waals surface area contributed by atoms with Crippen molar-refractivity contribution in [2.24, 2.45) is 0 Å². The zero-order valence-electron chi connectivity index (χ0n) is 12.4. The van der Waals surface area contributed by atoms with Crippen molar-refractivity contribution in [1.82, 2.24) is 10.6 Å². The number of carbonyl (C=O) groups excluding carboxylic acids is 1. The van der Waals surface area contributed by atoms with E-state index in [0.717, 1.165) is 12.3 Å². The molecule has 1 saturated heterocycles. The van der Waals surface area contributed by atoms with Crippen LogP contribution in [0.1, 0.15) is 18.5 Å². The van der Waals surface area contributed by atoms with Crippen LogP contribution in [0.2, 0.25) is 0 Å². The van der Waals surface area contributed by atoms with Crippen molar-refractivity contribution < 1.29 is 22.3 Å². The van der Waals surface area contributed by atoms with Crippen molar-refractivity contribution in [2.75, 3.05) is 26.0 Å². The molecule has 1 amide bonds. The Balaban J connectivity index is 2.08. The van der Waals surface area contributed by atoms with Crippen LogP contribution in [0.25, 0.3) is 0 Å². The average molecular weight is 330 g/mol. The molecular weight excluding hydrogens is 311 g/mol. The fourth-order valence-electron chi connectivity index (χ4n) is 2.22. The average Bonchev–Trinajstić information content (AvgIpc) is 2.46. The number of hydrogen-bond acceptors (Lipinski definition) is 5. The summed E-state index contributed by atoms with van der Waals surface area (Å²) >= 11 is 0. The molecule has 2 rings (SSSR count). The Morgan fingerprint density at radius 2 is 2.23 bits per heavy atom. The molecule has 0 aliphatic carbocycles. The number of carbonyl (C=O) groups is 1. The summed E-state index contributed by atoms with van der Waals surface area (Å²) in [6.07, 6.45) is 0.949. The van der Waals surface area contributed by atoms with Gasteiger partial charge in [0.15, 0.2) is 9.84 Å². The first-order valence-electron chi connectivity index (χ1n) is 6.90. The third-order valence-electron chi connectivity index (χ3n) is 3.45. The maximum absolute atomic E-state index is 13.9. The third-order valence-corrected chi connectivity index (χ3v) is 4.58. The van der Waals surface area contributed by atoms with Crippen LogP contribution in [0.3, 0.4) is 0 Å². The minimum absolute atomic E-state index is 0.236. The summed E-state index contributed by atoms with van der Waals surface area (Å²) in [5, 5.41) is 5.78. The topological polar surface area (TPSA) is 84.5 Å². The van der Waals surface area contributed by atoms with Gasteiger partial charge < -0.3 is 15.4 Å². The predicted octanol–water partition coefficient (Wildman–Crippen LogP) is 0.395. The van der Waals surface area contributed by atoms with Gasteiger partial charge in [0.1, 0.15) is 16.8 Å². The van der Waals surface area contributed by atoms with Crippen molar-refractivity contribution in [3.8, 4) is 0 Å². The van der Waals surface area contributed by atoms with Crippen LogP contribution in [0.15, 0.2) is 23.1 Å². The molecule has 1 heterocycles.